The summed E-state index contributed by atoms with van der Waals surface area (Å²) < 4.78 is 0. The third-order valence-corrected chi connectivity index (χ3v) is 7.15. The van der Waals surface area contributed by atoms with Crippen LogP contribution in [0.25, 0.3) is 16.5 Å². The summed E-state index contributed by atoms with van der Waals surface area (Å²) in [6.45, 7) is 10.9. The highest BCUT2D eigenvalue weighted by molar-refractivity contribution is 7.80. The van der Waals surface area contributed by atoms with Crippen LogP contribution < -0.4 is 10.4 Å². The van der Waals surface area contributed by atoms with Gasteiger partial charge in [0.2, 0.25) is 5.11 Å². The fourth-order valence-electron chi connectivity index (χ4n) is 4.61. The van der Waals surface area contributed by atoms with Gasteiger partial charge in [-0.25, -0.2) is 0 Å². The van der Waals surface area contributed by atoms with Gasteiger partial charge in [0, 0.05) is 47.5 Å². The molecule has 2 heterocycles. The molecule has 35 heavy (non-hydrogen) atoms. The van der Waals surface area contributed by atoms with Gasteiger partial charge >= 0.3 is 0 Å². The molecule has 186 valence electrons. The van der Waals surface area contributed by atoms with Crippen LogP contribution in [-0.4, -0.2) is 40.2 Å². The van der Waals surface area contributed by atoms with E-state index in [-0.39, 0.29) is 6.10 Å². The van der Waals surface area contributed by atoms with Crippen LogP contribution in [0.2, 0.25) is 0 Å². The topological polar surface area (TPSA) is 43.5 Å². The smallest absolute Gasteiger partial charge is 0.202 e. The van der Waals surface area contributed by atoms with Gasteiger partial charge in [-0.15, -0.1) is 0 Å². The van der Waals surface area contributed by atoms with Crippen molar-refractivity contribution in [2.24, 2.45) is 0 Å². The first kappa shape index (κ1) is 25.4. The fourth-order valence-corrected chi connectivity index (χ4v) is 4.88. The first-order chi connectivity index (χ1) is 17.0. The Hall–Kier alpha value is -2.67. The van der Waals surface area contributed by atoms with E-state index in [1.54, 1.807) is 5.06 Å². The van der Waals surface area contributed by atoms with Crippen LogP contribution in [0.3, 0.4) is 0 Å². The lowest BCUT2D eigenvalue weighted by Crippen LogP contribution is -2.37. The van der Waals surface area contributed by atoms with Gasteiger partial charge in [0.1, 0.15) is 0 Å². The fraction of sp³-hybridized carbons (Fsp3) is 0.414. The van der Waals surface area contributed by atoms with E-state index < -0.39 is 0 Å². The SMILES string of the molecule is CCCC(C)N1CC=C(c2c[nH]c3ccc(NC(=S)N(OC(C)CC)c4ccccc4)cc23)CC1. The molecule has 0 saturated carbocycles. The number of hydroxylamine groups is 1. The Balaban J connectivity index is 1.54. The molecule has 2 atom stereocenters. The van der Waals surface area contributed by atoms with Gasteiger partial charge in [-0.2, -0.15) is 5.06 Å². The van der Waals surface area contributed by atoms with E-state index >= 15 is 0 Å². The second-order valence-corrected chi connectivity index (χ2v) is 9.85. The summed E-state index contributed by atoms with van der Waals surface area (Å²) in [5, 5.41) is 6.87. The highest BCUT2D eigenvalue weighted by Crippen LogP contribution is 2.32. The number of nitrogens with one attached hydrogen (secondary N) is 2. The number of hydrogen-bond donors (Lipinski definition) is 2. The number of nitrogens with zero attached hydrogens (tertiary/aromatic N) is 2. The van der Waals surface area contributed by atoms with Crippen molar-refractivity contribution >= 4 is 45.2 Å². The summed E-state index contributed by atoms with van der Waals surface area (Å²) in [5.41, 5.74) is 5.69. The number of fused-ring (bicyclic) bond motifs is 1. The summed E-state index contributed by atoms with van der Waals surface area (Å²) in [6, 6.07) is 17.0. The second-order valence-electron chi connectivity index (χ2n) is 9.46. The number of anilines is 2. The third-order valence-electron chi connectivity index (χ3n) is 6.88. The summed E-state index contributed by atoms with van der Waals surface area (Å²) in [5.74, 6) is 0. The van der Waals surface area contributed by atoms with Crippen LogP contribution in [0.1, 0.15) is 58.9 Å². The molecule has 0 bridgehead atoms. The zero-order valence-corrected chi connectivity index (χ0v) is 22.2. The van der Waals surface area contributed by atoms with Crippen molar-refractivity contribution in [3.05, 3.63) is 66.4 Å². The number of benzene rings is 2. The van der Waals surface area contributed by atoms with Crippen LogP contribution >= 0.6 is 12.2 Å². The Bertz CT molecular complexity index is 1160. The zero-order valence-electron chi connectivity index (χ0n) is 21.4. The molecule has 2 N–H and O–H groups in total. The van der Waals surface area contributed by atoms with Gasteiger partial charge in [0.05, 0.1) is 11.8 Å². The lowest BCUT2D eigenvalue weighted by molar-refractivity contribution is 0.0709. The van der Waals surface area contributed by atoms with E-state index in [9.17, 15) is 0 Å². The van der Waals surface area contributed by atoms with E-state index in [0.717, 1.165) is 42.8 Å². The normalized spacial score (nSPS) is 16.1. The van der Waals surface area contributed by atoms with Crippen LogP contribution in [-0.2, 0) is 4.84 Å². The summed E-state index contributed by atoms with van der Waals surface area (Å²) in [7, 11) is 0. The Labute approximate surface area is 215 Å². The summed E-state index contributed by atoms with van der Waals surface area (Å²) >= 11 is 5.79. The summed E-state index contributed by atoms with van der Waals surface area (Å²) in [6.07, 6.45) is 9.05. The van der Waals surface area contributed by atoms with Gasteiger partial charge < -0.3 is 10.3 Å². The third kappa shape index (κ3) is 6.13. The van der Waals surface area contributed by atoms with Crippen molar-refractivity contribution in [3.63, 3.8) is 0 Å². The Kier molecular flexibility index (Phi) is 8.60. The molecule has 3 aromatic rings. The minimum atomic E-state index is 0.0477. The van der Waals surface area contributed by atoms with E-state index in [4.69, 9.17) is 17.1 Å². The Morgan fingerprint density at radius 2 is 1.97 bits per heavy atom. The molecule has 0 amide bonds. The first-order valence-electron chi connectivity index (χ1n) is 12.9. The minimum absolute atomic E-state index is 0.0477. The molecule has 4 rings (SSSR count). The quantitative estimate of drug-likeness (QED) is 0.242. The molecule has 2 aromatic carbocycles. The van der Waals surface area contributed by atoms with Crippen LogP contribution in [0.4, 0.5) is 11.4 Å². The Morgan fingerprint density at radius 3 is 2.66 bits per heavy atom. The van der Waals surface area contributed by atoms with Gasteiger partial charge in [-0.3, -0.25) is 9.74 Å². The van der Waals surface area contributed by atoms with Gasteiger partial charge in [-0.05, 0) is 81.2 Å². The predicted molar refractivity (Wildman–Crippen MR) is 153 cm³/mol. The average Bonchev–Trinajstić information content (AvgIpc) is 3.31. The van der Waals surface area contributed by atoms with Crippen LogP contribution in [0.5, 0.6) is 0 Å². The molecular weight excluding hydrogens is 452 g/mol. The minimum Gasteiger partial charge on any atom is -0.361 e. The molecule has 1 aliphatic rings. The molecule has 6 heteroatoms. The van der Waals surface area contributed by atoms with Gasteiger partial charge in [-0.1, -0.05) is 44.5 Å². The van der Waals surface area contributed by atoms with Gasteiger partial charge in [0.25, 0.3) is 0 Å². The molecule has 0 radical (unpaired) electrons. The molecule has 5 nitrogen and oxygen atoms in total. The number of thiocarbonyl (C=S) groups is 1. The van der Waals surface area contributed by atoms with E-state index in [1.165, 1.54) is 29.4 Å². The number of rotatable bonds is 9. The molecule has 1 aliphatic heterocycles. The van der Waals surface area contributed by atoms with Crippen LogP contribution in [0.15, 0.2) is 60.8 Å². The second kappa shape index (κ2) is 11.8. The highest BCUT2D eigenvalue weighted by atomic mass is 32.1. The van der Waals surface area contributed by atoms with Crippen molar-refractivity contribution < 1.29 is 4.84 Å². The van der Waals surface area contributed by atoms with Crippen molar-refractivity contribution in [2.75, 3.05) is 23.5 Å². The van der Waals surface area contributed by atoms with E-state index in [2.05, 4.69) is 73.4 Å². The van der Waals surface area contributed by atoms with Crippen LogP contribution in [0, 0.1) is 0 Å². The lowest BCUT2D eigenvalue weighted by Gasteiger charge is -2.31. The number of H-pyrrole nitrogens is 1. The van der Waals surface area contributed by atoms with Crippen molar-refractivity contribution in [1.29, 1.82) is 0 Å². The van der Waals surface area contributed by atoms with Crippen molar-refractivity contribution in [2.45, 2.75) is 65.5 Å². The molecular formula is C29H38N4OS. The molecule has 0 spiro atoms. The van der Waals surface area contributed by atoms with Crippen molar-refractivity contribution in [1.82, 2.24) is 9.88 Å². The monoisotopic (exact) mass is 490 g/mol. The molecule has 0 aliphatic carbocycles. The molecule has 0 fully saturated rings. The standard InChI is InChI=1S/C29H38N4OS/c1-5-10-21(3)32-17-15-23(16-18-32)27-20-30-28-14-13-24(19-26(27)28)31-29(35)33(34-22(4)6-2)25-11-8-7-9-12-25/h7-9,11-15,19-22,30H,5-6,10,16-18H2,1-4H3,(H,31,35). The summed E-state index contributed by atoms with van der Waals surface area (Å²) in [4.78, 5) is 12.2. The maximum absolute atomic E-state index is 6.17. The number of hydrogen-bond acceptors (Lipinski definition) is 3. The van der Waals surface area contributed by atoms with E-state index in [0.29, 0.717) is 11.2 Å². The number of aromatic nitrogens is 1. The predicted octanol–water partition coefficient (Wildman–Crippen LogP) is 7.38. The molecule has 2 unspecified atom stereocenters. The number of para-hydroxylation sites is 1. The van der Waals surface area contributed by atoms with Gasteiger partial charge in [0.15, 0.2) is 0 Å². The average molecular weight is 491 g/mol. The highest BCUT2D eigenvalue weighted by Gasteiger charge is 2.20. The van der Waals surface area contributed by atoms with Crippen molar-refractivity contribution in [3.8, 4) is 0 Å². The number of aromatic amines is 1. The first-order valence-corrected chi connectivity index (χ1v) is 13.3. The zero-order chi connectivity index (χ0) is 24.8. The lowest BCUT2D eigenvalue weighted by atomic mass is 9.97. The maximum atomic E-state index is 6.17. The molecule has 1 aromatic heterocycles. The largest absolute Gasteiger partial charge is 0.361 e. The Morgan fingerprint density at radius 1 is 1.17 bits per heavy atom. The van der Waals surface area contributed by atoms with E-state index in [1.807, 2.05) is 30.3 Å². The maximum Gasteiger partial charge on any atom is 0.202 e. The molecule has 0 saturated heterocycles.